The van der Waals surface area contributed by atoms with Gasteiger partial charge in [-0.25, -0.2) is 0 Å². The van der Waals surface area contributed by atoms with E-state index in [4.69, 9.17) is 5.73 Å². The maximum Gasteiger partial charge on any atom is 0.249 e. The zero-order valence-corrected chi connectivity index (χ0v) is 8.64. The summed E-state index contributed by atoms with van der Waals surface area (Å²) in [6, 6.07) is 3.20. The maximum absolute atomic E-state index is 10.7. The summed E-state index contributed by atoms with van der Waals surface area (Å²) in [5, 5.41) is 18.9. The quantitative estimate of drug-likeness (QED) is 0.631. The highest BCUT2D eigenvalue weighted by Crippen LogP contribution is 2.18. The van der Waals surface area contributed by atoms with Crippen molar-refractivity contribution in [3.05, 3.63) is 29.1 Å². The standard InChI is InChI=1S/C10H14N2O3/c1-5-3-7(4-6(2)12-5)8(13)9(14)10(11)15/h3-4,8-9,13-14H,1-2H3,(H2,11,15). The average Bonchev–Trinajstić information content (AvgIpc) is 2.13. The molecule has 0 aliphatic heterocycles. The number of carbonyl (C=O) groups excluding carboxylic acids is 1. The molecule has 0 saturated heterocycles. The maximum atomic E-state index is 10.7. The zero-order chi connectivity index (χ0) is 11.6. The lowest BCUT2D eigenvalue weighted by molar-refractivity contribution is -0.131. The van der Waals surface area contributed by atoms with Gasteiger partial charge in [0.25, 0.3) is 0 Å². The van der Waals surface area contributed by atoms with Gasteiger partial charge in [0.2, 0.25) is 5.91 Å². The van der Waals surface area contributed by atoms with Crippen molar-refractivity contribution in [2.45, 2.75) is 26.1 Å². The van der Waals surface area contributed by atoms with Crippen LogP contribution in [0.2, 0.25) is 0 Å². The number of hydrogen-bond donors (Lipinski definition) is 3. The van der Waals surface area contributed by atoms with Crippen LogP contribution in [-0.2, 0) is 4.79 Å². The van der Waals surface area contributed by atoms with E-state index >= 15 is 0 Å². The van der Waals surface area contributed by atoms with Crippen LogP contribution in [-0.4, -0.2) is 27.2 Å². The number of primary amides is 1. The van der Waals surface area contributed by atoms with Gasteiger partial charge in [-0.05, 0) is 31.5 Å². The third-order valence-corrected chi connectivity index (χ3v) is 2.04. The van der Waals surface area contributed by atoms with Gasteiger partial charge < -0.3 is 15.9 Å². The second-order valence-corrected chi connectivity index (χ2v) is 3.48. The number of nitrogens with two attached hydrogens (primary N) is 1. The summed E-state index contributed by atoms with van der Waals surface area (Å²) in [6.07, 6.45) is -2.89. The minimum absolute atomic E-state index is 0.436. The highest BCUT2D eigenvalue weighted by Gasteiger charge is 2.23. The van der Waals surface area contributed by atoms with Crippen molar-refractivity contribution in [2.24, 2.45) is 5.73 Å². The van der Waals surface area contributed by atoms with E-state index in [1.54, 1.807) is 26.0 Å². The third-order valence-electron chi connectivity index (χ3n) is 2.04. The summed E-state index contributed by atoms with van der Waals surface area (Å²) in [6.45, 7) is 3.53. The Hall–Kier alpha value is -1.46. The Morgan fingerprint density at radius 1 is 1.33 bits per heavy atom. The Morgan fingerprint density at radius 2 is 1.80 bits per heavy atom. The van der Waals surface area contributed by atoms with Gasteiger partial charge in [-0.3, -0.25) is 9.78 Å². The third kappa shape index (κ3) is 2.74. The topological polar surface area (TPSA) is 96.4 Å². The molecule has 0 radical (unpaired) electrons. The summed E-state index contributed by atoms with van der Waals surface area (Å²) in [5.74, 6) is -0.949. The van der Waals surface area contributed by atoms with Crippen LogP contribution in [0.3, 0.4) is 0 Å². The predicted molar refractivity (Wildman–Crippen MR) is 53.9 cm³/mol. The normalized spacial score (nSPS) is 14.7. The number of pyridine rings is 1. The zero-order valence-electron chi connectivity index (χ0n) is 8.64. The molecule has 0 aliphatic carbocycles. The number of hydrogen-bond acceptors (Lipinski definition) is 4. The van der Waals surface area contributed by atoms with Crippen LogP contribution in [0.1, 0.15) is 23.1 Å². The van der Waals surface area contributed by atoms with E-state index in [-0.39, 0.29) is 0 Å². The molecule has 1 heterocycles. The molecular weight excluding hydrogens is 196 g/mol. The molecule has 5 nitrogen and oxygen atoms in total. The number of rotatable bonds is 3. The van der Waals surface area contributed by atoms with E-state index in [9.17, 15) is 15.0 Å². The van der Waals surface area contributed by atoms with E-state index in [2.05, 4.69) is 4.98 Å². The Labute approximate surface area is 87.6 Å². The van der Waals surface area contributed by atoms with Gasteiger partial charge >= 0.3 is 0 Å². The highest BCUT2D eigenvalue weighted by molar-refractivity contribution is 5.79. The fraction of sp³-hybridized carbons (Fsp3) is 0.400. The number of carbonyl (C=O) groups is 1. The largest absolute Gasteiger partial charge is 0.385 e. The molecule has 2 atom stereocenters. The molecule has 1 amide bonds. The molecule has 0 fully saturated rings. The van der Waals surface area contributed by atoms with Crippen molar-refractivity contribution in [3.63, 3.8) is 0 Å². The first-order valence-corrected chi connectivity index (χ1v) is 4.52. The van der Waals surface area contributed by atoms with Crippen LogP contribution in [0.15, 0.2) is 12.1 Å². The molecule has 0 spiro atoms. The summed E-state index contributed by atoms with van der Waals surface area (Å²) in [5.41, 5.74) is 6.74. The Bertz CT molecular complexity index is 359. The van der Waals surface area contributed by atoms with E-state index in [1.165, 1.54) is 0 Å². The van der Waals surface area contributed by atoms with Gasteiger partial charge in [-0.1, -0.05) is 0 Å². The first kappa shape index (κ1) is 11.6. The van der Waals surface area contributed by atoms with Crippen LogP contribution >= 0.6 is 0 Å². The molecule has 4 N–H and O–H groups in total. The number of amides is 1. The van der Waals surface area contributed by atoms with Gasteiger partial charge in [0.05, 0.1) is 0 Å². The van der Waals surface area contributed by atoms with Crippen LogP contribution in [0.5, 0.6) is 0 Å². The van der Waals surface area contributed by atoms with Crippen LogP contribution in [0, 0.1) is 13.8 Å². The Morgan fingerprint density at radius 3 is 2.20 bits per heavy atom. The van der Waals surface area contributed by atoms with E-state index in [0.717, 1.165) is 0 Å². The molecular formula is C10H14N2O3. The fourth-order valence-electron chi connectivity index (χ4n) is 1.38. The number of nitrogens with zero attached hydrogens (tertiary/aromatic N) is 1. The number of aromatic nitrogens is 1. The number of aryl methyl sites for hydroxylation is 2. The lowest BCUT2D eigenvalue weighted by Crippen LogP contribution is -2.33. The lowest BCUT2D eigenvalue weighted by atomic mass is 10.0. The van der Waals surface area contributed by atoms with Crippen molar-refractivity contribution < 1.29 is 15.0 Å². The van der Waals surface area contributed by atoms with Gasteiger partial charge in [0, 0.05) is 11.4 Å². The first-order valence-electron chi connectivity index (χ1n) is 4.52. The van der Waals surface area contributed by atoms with Crippen LogP contribution < -0.4 is 5.73 Å². The summed E-state index contributed by atoms with van der Waals surface area (Å²) < 4.78 is 0. The molecule has 1 aromatic rings. The van der Waals surface area contributed by atoms with Gasteiger partial charge in [0.1, 0.15) is 6.10 Å². The minimum Gasteiger partial charge on any atom is -0.385 e. The molecule has 2 unspecified atom stereocenters. The smallest absolute Gasteiger partial charge is 0.249 e. The van der Waals surface area contributed by atoms with Crippen molar-refractivity contribution in [1.29, 1.82) is 0 Å². The lowest BCUT2D eigenvalue weighted by Gasteiger charge is -2.15. The Kier molecular flexibility index (Phi) is 3.39. The SMILES string of the molecule is Cc1cc(C(O)C(O)C(N)=O)cc(C)n1. The summed E-state index contributed by atoms with van der Waals surface area (Å²) >= 11 is 0. The summed E-state index contributed by atoms with van der Waals surface area (Å²) in [4.78, 5) is 14.8. The van der Waals surface area contributed by atoms with Crippen LogP contribution in [0.25, 0.3) is 0 Å². The van der Waals surface area contributed by atoms with Crippen molar-refractivity contribution in [2.75, 3.05) is 0 Å². The molecule has 0 bridgehead atoms. The molecule has 1 rings (SSSR count). The molecule has 0 aromatic carbocycles. The predicted octanol–water partition coefficient (Wildman–Crippen LogP) is -0.422. The molecule has 82 valence electrons. The Balaban J connectivity index is 3.00. The van der Waals surface area contributed by atoms with Gasteiger partial charge in [-0.2, -0.15) is 0 Å². The molecule has 0 aliphatic rings. The van der Waals surface area contributed by atoms with Gasteiger partial charge in [-0.15, -0.1) is 0 Å². The highest BCUT2D eigenvalue weighted by atomic mass is 16.3. The molecule has 15 heavy (non-hydrogen) atoms. The molecule has 0 saturated carbocycles. The monoisotopic (exact) mass is 210 g/mol. The first-order chi connectivity index (χ1) is 6.91. The molecule has 5 heteroatoms. The van der Waals surface area contributed by atoms with Crippen molar-refractivity contribution >= 4 is 5.91 Å². The van der Waals surface area contributed by atoms with E-state index in [1.807, 2.05) is 0 Å². The minimum atomic E-state index is -1.59. The van der Waals surface area contributed by atoms with Gasteiger partial charge in [0.15, 0.2) is 6.10 Å². The van der Waals surface area contributed by atoms with Crippen molar-refractivity contribution in [3.8, 4) is 0 Å². The van der Waals surface area contributed by atoms with Crippen molar-refractivity contribution in [1.82, 2.24) is 4.98 Å². The van der Waals surface area contributed by atoms with Crippen LogP contribution in [0.4, 0.5) is 0 Å². The second kappa shape index (κ2) is 4.37. The average molecular weight is 210 g/mol. The number of aliphatic hydroxyl groups is 2. The van der Waals surface area contributed by atoms with E-state index in [0.29, 0.717) is 17.0 Å². The molecule has 1 aromatic heterocycles. The number of aliphatic hydroxyl groups excluding tert-OH is 2. The second-order valence-electron chi connectivity index (χ2n) is 3.48. The van der Waals surface area contributed by atoms with E-state index < -0.39 is 18.1 Å². The summed E-state index contributed by atoms with van der Waals surface area (Å²) in [7, 11) is 0. The fourth-order valence-corrected chi connectivity index (χ4v) is 1.38.